The number of thiophene rings is 1. The van der Waals surface area contributed by atoms with Crippen molar-refractivity contribution in [3.8, 4) is 33.6 Å². The summed E-state index contributed by atoms with van der Waals surface area (Å²) in [7, 11) is 0. The predicted molar refractivity (Wildman–Crippen MR) is 253 cm³/mol. The smallest absolute Gasteiger partial charge is 0.0541 e. The van der Waals surface area contributed by atoms with E-state index < -0.39 is 0 Å². The Kier molecular flexibility index (Phi) is 6.51. The standard InChI is InChI=1S/C57H36N2S/c1-2-15-36(16-3-1)57-34-49(57)40-17-4-5-22-45(40)54-48(57)30-29-47-46-24-14-23-39(55(46)60-56(47)54)35-31-37(58-50-25-10-6-18-41(50)42-19-7-11-26-51(42)58)33-38(32-35)59-52-27-12-8-20-43(52)44-21-9-13-28-53(44)59/h1-33,49H,34H2. The number of aromatic nitrogens is 2. The fraction of sp³-hybridized carbons (Fsp3) is 0.0526. The number of hydrogen-bond acceptors (Lipinski definition) is 1. The highest BCUT2D eigenvalue weighted by molar-refractivity contribution is 7.27. The maximum absolute atomic E-state index is 2.47. The van der Waals surface area contributed by atoms with Crippen molar-refractivity contribution in [2.75, 3.05) is 0 Å². The lowest BCUT2D eigenvalue weighted by Gasteiger charge is -2.29. The van der Waals surface area contributed by atoms with Crippen LogP contribution in [0.2, 0.25) is 0 Å². The van der Waals surface area contributed by atoms with Gasteiger partial charge < -0.3 is 9.13 Å². The Bertz CT molecular complexity index is 3530. The zero-order valence-corrected chi connectivity index (χ0v) is 33.5. The van der Waals surface area contributed by atoms with Crippen LogP contribution in [0.4, 0.5) is 0 Å². The monoisotopic (exact) mass is 780 g/mol. The van der Waals surface area contributed by atoms with Gasteiger partial charge in [-0.15, -0.1) is 11.3 Å². The summed E-state index contributed by atoms with van der Waals surface area (Å²) < 4.78 is 7.67. The van der Waals surface area contributed by atoms with Gasteiger partial charge in [-0.2, -0.15) is 0 Å². The van der Waals surface area contributed by atoms with Crippen LogP contribution in [-0.4, -0.2) is 9.13 Å². The molecule has 9 aromatic carbocycles. The third kappa shape index (κ3) is 4.27. The molecule has 2 aliphatic rings. The summed E-state index contributed by atoms with van der Waals surface area (Å²) in [5.74, 6) is 0.508. The minimum Gasteiger partial charge on any atom is -0.309 e. The first-order valence-electron chi connectivity index (χ1n) is 21.0. The summed E-state index contributed by atoms with van der Waals surface area (Å²) in [6, 6.07) is 75.0. The summed E-state index contributed by atoms with van der Waals surface area (Å²) in [5, 5.41) is 7.72. The fourth-order valence-electron chi connectivity index (χ4n) is 11.3. The molecule has 0 amide bonds. The van der Waals surface area contributed by atoms with Crippen LogP contribution in [0.1, 0.15) is 29.0 Å². The fourth-order valence-corrected chi connectivity index (χ4v) is 12.7. The Morgan fingerprint density at radius 3 is 1.53 bits per heavy atom. The number of para-hydroxylation sites is 4. The molecule has 280 valence electrons. The van der Waals surface area contributed by atoms with E-state index in [1.54, 1.807) is 0 Å². The van der Waals surface area contributed by atoms with Crippen LogP contribution >= 0.6 is 11.3 Å². The summed E-state index contributed by atoms with van der Waals surface area (Å²) in [4.78, 5) is 0. The number of rotatable bonds is 4. The van der Waals surface area contributed by atoms with Gasteiger partial charge in [-0.3, -0.25) is 0 Å². The molecule has 1 fully saturated rings. The lowest BCUT2D eigenvalue weighted by Crippen LogP contribution is -2.17. The first kappa shape index (κ1) is 32.7. The molecule has 0 radical (unpaired) electrons. The minimum atomic E-state index is 0.0198. The van der Waals surface area contributed by atoms with Crippen LogP contribution in [0.15, 0.2) is 200 Å². The van der Waals surface area contributed by atoms with Gasteiger partial charge >= 0.3 is 0 Å². The molecular weight excluding hydrogens is 745 g/mol. The van der Waals surface area contributed by atoms with E-state index in [1.807, 2.05) is 11.3 Å². The van der Waals surface area contributed by atoms with E-state index in [-0.39, 0.29) is 5.41 Å². The molecular formula is C57H36N2S. The molecule has 2 aliphatic carbocycles. The zero-order chi connectivity index (χ0) is 39.1. The van der Waals surface area contributed by atoms with Crippen molar-refractivity contribution in [3.05, 3.63) is 217 Å². The first-order chi connectivity index (χ1) is 29.8. The molecule has 0 bridgehead atoms. The van der Waals surface area contributed by atoms with Crippen molar-refractivity contribution in [2.45, 2.75) is 17.8 Å². The van der Waals surface area contributed by atoms with Gasteiger partial charge in [0.15, 0.2) is 0 Å². The molecule has 3 heteroatoms. The van der Waals surface area contributed by atoms with Gasteiger partial charge in [-0.05, 0) is 88.2 Å². The van der Waals surface area contributed by atoms with Crippen molar-refractivity contribution in [2.24, 2.45) is 0 Å². The molecule has 1 saturated carbocycles. The zero-order valence-electron chi connectivity index (χ0n) is 32.6. The molecule has 0 saturated heterocycles. The van der Waals surface area contributed by atoms with Crippen LogP contribution in [0.25, 0.3) is 97.4 Å². The van der Waals surface area contributed by atoms with Crippen molar-refractivity contribution < 1.29 is 0 Å². The van der Waals surface area contributed by atoms with Crippen molar-refractivity contribution in [3.63, 3.8) is 0 Å². The summed E-state index contributed by atoms with van der Waals surface area (Å²) in [6.07, 6.45) is 1.16. The van der Waals surface area contributed by atoms with E-state index in [2.05, 4.69) is 209 Å². The number of hydrogen-bond donors (Lipinski definition) is 0. The molecule has 0 spiro atoms. The topological polar surface area (TPSA) is 9.86 Å². The highest BCUT2D eigenvalue weighted by atomic mass is 32.1. The van der Waals surface area contributed by atoms with Crippen LogP contribution in [0.3, 0.4) is 0 Å². The van der Waals surface area contributed by atoms with Gasteiger partial charge in [-0.1, -0.05) is 158 Å². The molecule has 60 heavy (non-hydrogen) atoms. The Morgan fingerprint density at radius 2 is 0.917 bits per heavy atom. The van der Waals surface area contributed by atoms with Crippen molar-refractivity contribution >= 4 is 75.1 Å². The van der Waals surface area contributed by atoms with Crippen LogP contribution in [0.5, 0.6) is 0 Å². The average Bonchev–Trinajstić information content (AvgIpc) is 3.66. The highest BCUT2D eigenvalue weighted by Crippen LogP contribution is 2.70. The third-order valence-electron chi connectivity index (χ3n) is 13.9. The van der Waals surface area contributed by atoms with Crippen LogP contribution in [-0.2, 0) is 5.41 Å². The number of benzene rings is 9. The van der Waals surface area contributed by atoms with Crippen molar-refractivity contribution in [1.29, 1.82) is 0 Å². The van der Waals surface area contributed by atoms with E-state index in [1.165, 1.54) is 103 Å². The Balaban J connectivity index is 1.07. The highest BCUT2D eigenvalue weighted by Gasteiger charge is 2.60. The molecule has 0 aliphatic heterocycles. The lowest BCUT2D eigenvalue weighted by molar-refractivity contribution is 0.796. The second-order valence-corrected chi connectivity index (χ2v) is 17.8. The van der Waals surface area contributed by atoms with Gasteiger partial charge in [-0.25, -0.2) is 0 Å². The van der Waals surface area contributed by atoms with Crippen LogP contribution < -0.4 is 0 Å². The molecule has 12 aromatic rings. The molecule has 2 nitrogen and oxygen atoms in total. The molecule has 3 aromatic heterocycles. The average molecular weight is 781 g/mol. The van der Waals surface area contributed by atoms with E-state index in [4.69, 9.17) is 0 Å². The first-order valence-corrected chi connectivity index (χ1v) is 21.8. The normalized spacial score (nSPS) is 16.8. The number of fused-ring (bicyclic) bond motifs is 16. The minimum absolute atomic E-state index is 0.0198. The second-order valence-electron chi connectivity index (χ2n) is 16.8. The lowest BCUT2D eigenvalue weighted by atomic mass is 9.74. The van der Waals surface area contributed by atoms with Gasteiger partial charge in [0.05, 0.1) is 22.1 Å². The van der Waals surface area contributed by atoms with E-state index in [0.29, 0.717) is 5.92 Å². The molecule has 14 rings (SSSR count). The summed E-state index contributed by atoms with van der Waals surface area (Å²) in [6.45, 7) is 0. The maximum atomic E-state index is 2.47. The Labute approximate surface area is 350 Å². The van der Waals surface area contributed by atoms with E-state index in [9.17, 15) is 0 Å². The Hall–Kier alpha value is -7.20. The maximum Gasteiger partial charge on any atom is 0.0541 e. The quantitative estimate of drug-likeness (QED) is 0.168. The summed E-state index contributed by atoms with van der Waals surface area (Å²) >= 11 is 1.98. The summed E-state index contributed by atoms with van der Waals surface area (Å²) in [5.41, 5.74) is 16.9. The Morgan fingerprint density at radius 1 is 0.417 bits per heavy atom. The predicted octanol–water partition coefficient (Wildman–Crippen LogP) is 15.4. The van der Waals surface area contributed by atoms with Gasteiger partial charge in [0.2, 0.25) is 0 Å². The molecule has 3 heterocycles. The van der Waals surface area contributed by atoms with Gasteiger partial charge in [0, 0.05) is 64.1 Å². The SMILES string of the molecule is c1ccc(C23CC2c2ccccc2-c2c3ccc3c2sc2c(-c4cc(-n5c6ccccc6c6ccccc65)cc(-n5c6ccccc6c6ccccc65)c4)cccc23)cc1. The van der Waals surface area contributed by atoms with Gasteiger partial charge in [0.25, 0.3) is 0 Å². The molecule has 2 atom stereocenters. The molecule has 2 unspecified atom stereocenters. The molecule has 0 N–H and O–H groups in total. The van der Waals surface area contributed by atoms with Gasteiger partial charge in [0.1, 0.15) is 0 Å². The second kappa shape index (κ2) is 11.9. The third-order valence-corrected chi connectivity index (χ3v) is 15.2. The number of nitrogens with zero attached hydrogens (tertiary/aromatic N) is 2. The van der Waals surface area contributed by atoms with Crippen molar-refractivity contribution in [1.82, 2.24) is 9.13 Å². The largest absolute Gasteiger partial charge is 0.309 e. The van der Waals surface area contributed by atoms with E-state index in [0.717, 1.165) is 17.8 Å². The van der Waals surface area contributed by atoms with Crippen LogP contribution in [0, 0.1) is 0 Å². The van der Waals surface area contributed by atoms with E-state index >= 15 is 0 Å².